The Morgan fingerprint density at radius 2 is 1.38 bits per heavy atom. The van der Waals surface area contributed by atoms with Gasteiger partial charge >= 0.3 is 0 Å². The molecule has 0 saturated heterocycles. The number of rotatable bonds is 7. The average molecular weight is 460 g/mol. The van der Waals surface area contributed by atoms with E-state index in [1.165, 1.54) is 49.6 Å². The topological polar surface area (TPSA) is 115 Å². The zero-order valence-electron chi connectivity index (χ0n) is 18.0. The summed E-state index contributed by atoms with van der Waals surface area (Å²) >= 11 is 0. The van der Waals surface area contributed by atoms with Crippen LogP contribution in [0.1, 0.15) is 31.8 Å². The molecule has 34 heavy (non-hydrogen) atoms. The molecule has 170 valence electrons. The zero-order chi connectivity index (χ0) is 24.7. The van der Waals surface area contributed by atoms with Crippen LogP contribution in [-0.2, 0) is 12.8 Å². The second-order valence-corrected chi connectivity index (χ2v) is 7.04. The minimum absolute atomic E-state index is 0.00268. The predicted molar refractivity (Wildman–Crippen MR) is 120 cm³/mol. The van der Waals surface area contributed by atoms with Gasteiger partial charge < -0.3 is 15.4 Å². The number of carbonyl (C=O) groups is 2. The lowest BCUT2D eigenvalue weighted by Crippen LogP contribution is -2.18. The quantitative estimate of drug-likeness (QED) is 0.534. The number of benzene rings is 3. The van der Waals surface area contributed by atoms with Crippen molar-refractivity contribution in [2.45, 2.75) is 12.8 Å². The van der Waals surface area contributed by atoms with Gasteiger partial charge in [-0.05, 0) is 41.5 Å². The van der Waals surface area contributed by atoms with Crippen molar-refractivity contribution in [1.29, 1.82) is 10.5 Å². The maximum atomic E-state index is 14.3. The molecular formula is C25H18F2N4O3. The van der Waals surface area contributed by atoms with Crippen molar-refractivity contribution in [1.82, 2.24) is 0 Å². The molecule has 3 aromatic carbocycles. The monoisotopic (exact) mass is 460 g/mol. The average Bonchev–Trinajstić information content (AvgIpc) is 2.83. The van der Waals surface area contributed by atoms with E-state index in [2.05, 4.69) is 10.6 Å². The van der Waals surface area contributed by atoms with E-state index in [1.807, 2.05) is 12.1 Å². The number of amides is 2. The van der Waals surface area contributed by atoms with Crippen LogP contribution in [0.15, 0.2) is 54.6 Å². The van der Waals surface area contributed by atoms with Gasteiger partial charge in [-0.15, -0.1) is 0 Å². The van der Waals surface area contributed by atoms with Crippen LogP contribution in [0.5, 0.6) is 5.75 Å². The lowest BCUT2D eigenvalue weighted by Gasteiger charge is -2.14. The summed E-state index contributed by atoms with van der Waals surface area (Å²) in [5, 5.41) is 22.8. The molecule has 0 bridgehead atoms. The molecule has 0 unspecified atom stereocenters. The highest BCUT2D eigenvalue weighted by atomic mass is 19.1. The van der Waals surface area contributed by atoms with Crippen molar-refractivity contribution in [2.75, 3.05) is 17.7 Å². The molecule has 0 radical (unpaired) electrons. The minimum atomic E-state index is -0.771. The number of ether oxygens (including phenoxy) is 1. The standard InChI is InChI=1S/C25H18F2N4O3/c1-34-21-9-8-17(24(32)30-22-15(10-12-28)4-2-6-19(22)26)14-18(21)25(33)31-23-16(11-13-29)5-3-7-20(23)27/h2-9,14H,10-11H2,1H3,(H,30,32)(H,31,33). The van der Waals surface area contributed by atoms with Crippen LogP contribution >= 0.6 is 0 Å². The number of nitrogens with one attached hydrogen (secondary N) is 2. The van der Waals surface area contributed by atoms with E-state index < -0.39 is 23.4 Å². The molecule has 7 nitrogen and oxygen atoms in total. The predicted octanol–water partition coefficient (Wildman–Crippen LogP) is 4.61. The number of nitriles is 2. The number of halogens is 2. The summed E-state index contributed by atoms with van der Waals surface area (Å²) in [6.07, 6.45) is -0.238. The summed E-state index contributed by atoms with van der Waals surface area (Å²) in [6.45, 7) is 0. The first-order valence-electron chi connectivity index (χ1n) is 9.99. The Hall–Kier alpha value is -4.76. The molecule has 0 fully saturated rings. The summed E-state index contributed by atoms with van der Waals surface area (Å²) in [5.41, 5.74) is 0.219. The first kappa shape index (κ1) is 23.9. The lowest BCUT2D eigenvalue weighted by molar-refractivity contribution is 0.102. The zero-order valence-corrected chi connectivity index (χ0v) is 18.0. The van der Waals surface area contributed by atoms with Crippen molar-refractivity contribution in [2.24, 2.45) is 0 Å². The second kappa shape index (κ2) is 10.7. The SMILES string of the molecule is COc1ccc(C(=O)Nc2c(F)cccc2CC#N)cc1C(=O)Nc1c(F)cccc1CC#N. The van der Waals surface area contributed by atoms with Gasteiger partial charge in [-0.1, -0.05) is 24.3 Å². The van der Waals surface area contributed by atoms with Gasteiger partial charge in [0, 0.05) is 5.56 Å². The number of methoxy groups -OCH3 is 1. The highest BCUT2D eigenvalue weighted by molar-refractivity contribution is 6.10. The molecule has 0 atom stereocenters. The summed E-state index contributed by atoms with van der Waals surface area (Å²) in [7, 11) is 1.32. The van der Waals surface area contributed by atoms with E-state index in [0.29, 0.717) is 5.56 Å². The first-order valence-corrected chi connectivity index (χ1v) is 9.99. The van der Waals surface area contributed by atoms with Crippen molar-refractivity contribution < 1.29 is 23.1 Å². The number of anilines is 2. The van der Waals surface area contributed by atoms with Gasteiger partial charge in [0.05, 0.1) is 49.0 Å². The van der Waals surface area contributed by atoms with Crippen LogP contribution in [0.2, 0.25) is 0 Å². The van der Waals surface area contributed by atoms with Crippen LogP contribution < -0.4 is 15.4 Å². The molecule has 0 saturated carbocycles. The number of hydrogen-bond acceptors (Lipinski definition) is 5. The molecular weight excluding hydrogens is 442 g/mol. The Balaban J connectivity index is 1.93. The van der Waals surface area contributed by atoms with Crippen LogP contribution in [0, 0.1) is 34.3 Å². The molecule has 2 amide bonds. The molecule has 0 spiro atoms. The van der Waals surface area contributed by atoms with Crippen LogP contribution in [0.4, 0.5) is 20.2 Å². The molecule has 3 rings (SSSR count). The molecule has 0 heterocycles. The Morgan fingerprint density at radius 1 is 0.853 bits per heavy atom. The molecule has 3 aromatic rings. The fourth-order valence-electron chi connectivity index (χ4n) is 3.28. The third kappa shape index (κ3) is 5.17. The Bertz CT molecular complexity index is 1340. The maximum absolute atomic E-state index is 14.3. The van der Waals surface area contributed by atoms with Crippen molar-refractivity contribution >= 4 is 23.2 Å². The highest BCUT2D eigenvalue weighted by Gasteiger charge is 2.20. The Kier molecular flexibility index (Phi) is 7.52. The fourth-order valence-corrected chi connectivity index (χ4v) is 3.28. The third-order valence-corrected chi connectivity index (χ3v) is 4.92. The second-order valence-electron chi connectivity index (χ2n) is 7.04. The third-order valence-electron chi connectivity index (χ3n) is 4.92. The molecule has 0 aliphatic carbocycles. The Labute approximate surface area is 194 Å². The number of hydrogen-bond donors (Lipinski definition) is 2. The van der Waals surface area contributed by atoms with E-state index in [4.69, 9.17) is 15.3 Å². The van der Waals surface area contributed by atoms with Gasteiger partial charge in [0.15, 0.2) is 0 Å². The van der Waals surface area contributed by atoms with Gasteiger partial charge in [0.1, 0.15) is 17.4 Å². The summed E-state index contributed by atoms with van der Waals surface area (Å²) < 4.78 is 33.8. The van der Waals surface area contributed by atoms with Crippen LogP contribution in [0.3, 0.4) is 0 Å². The first-order chi connectivity index (χ1) is 16.4. The van der Waals surface area contributed by atoms with Crippen LogP contribution in [-0.4, -0.2) is 18.9 Å². The van der Waals surface area contributed by atoms with E-state index in [-0.39, 0.29) is 46.7 Å². The summed E-state index contributed by atoms with van der Waals surface area (Å²) in [6, 6.07) is 16.0. The minimum Gasteiger partial charge on any atom is -0.496 e. The fraction of sp³-hybridized carbons (Fsp3) is 0.120. The molecule has 0 aliphatic heterocycles. The molecule has 0 aromatic heterocycles. The van der Waals surface area contributed by atoms with Gasteiger partial charge in [0.2, 0.25) is 0 Å². The van der Waals surface area contributed by atoms with Crippen molar-refractivity contribution in [3.8, 4) is 17.9 Å². The number of carbonyl (C=O) groups excluding carboxylic acids is 2. The van der Waals surface area contributed by atoms with Crippen molar-refractivity contribution in [3.63, 3.8) is 0 Å². The number of para-hydroxylation sites is 2. The summed E-state index contributed by atoms with van der Waals surface area (Å²) in [4.78, 5) is 25.8. The van der Waals surface area contributed by atoms with Gasteiger partial charge in [-0.3, -0.25) is 9.59 Å². The van der Waals surface area contributed by atoms with E-state index in [1.54, 1.807) is 0 Å². The van der Waals surface area contributed by atoms with Gasteiger partial charge in [-0.25, -0.2) is 8.78 Å². The van der Waals surface area contributed by atoms with E-state index in [0.717, 1.165) is 12.1 Å². The van der Waals surface area contributed by atoms with E-state index >= 15 is 0 Å². The summed E-state index contributed by atoms with van der Waals surface area (Å²) in [5.74, 6) is -2.82. The lowest BCUT2D eigenvalue weighted by atomic mass is 10.1. The molecule has 9 heteroatoms. The van der Waals surface area contributed by atoms with Gasteiger partial charge in [-0.2, -0.15) is 10.5 Å². The Morgan fingerprint density at radius 3 is 1.88 bits per heavy atom. The molecule has 0 aliphatic rings. The van der Waals surface area contributed by atoms with Crippen LogP contribution in [0.25, 0.3) is 0 Å². The van der Waals surface area contributed by atoms with E-state index in [9.17, 15) is 18.4 Å². The van der Waals surface area contributed by atoms with Crippen molar-refractivity contribution in [3.05, 3.63) is 88.5 Å². The normalized spacial score (nSPS) is 10.0. The smallest absolute Gasteiger partial charge is 0.259 e. The number of nitrogens with zero attached hydrogens (tertiary/aromatic N) is 2. The van der Waals surface area contributed by atoms with Gasteiger partial charge in [0.25, 0.3) is 11.8 Å². The largest absolute Gasteiger partial charge is 0.496 e. The maximum Gasteiger partial charge on any atom is 0.259 e. The highest BCUT2D eigenvalue weighted by Crippen LogP contribution is 2.26. The molecule has 2 N–H and O–H groups in total.